The Morgan fingerprint density at radius 1 is 0.913 bits per heavy atom. The second-order valence-electron chi connectivity index (χ2n) is 5.64. The monoisotopic (exact) mass is 309 g/mol. The maximum absolute atomic E-state index is 8.92. The topological polar surface area (TPSA) is 53.2 Å². The van der Waals surface area contributed by atoms with Gasteiger partial charge in [0.1, 0.15) is 12.4 Å². The molecule has 0 aromatic heterocycles. The fourth-order valence-electron chi connectivity index (χ4n) is 2.48. The molecule has 0 heterocycles. The minimum absolute atomic E-state index is 0.288. The lowest BCUT2D eigenvalue weighted by Gasteiger charge is -2.08. The molecule has 1 N–H and O–H groups in total. The van der Waals surface area contributed by atoms with Crippen LogP contribution in [-0.2, 0) is 13.0 Å². The summed E-state index contributed by atoms with van der Waals surface area (Å²) in [6.45, 7) is 0.756. The van der Waals surface area contributed by atoms with E-state index in [1.807, 2.05) is 30.3 Å². The zero-order valence-electron chi connectivity index (χ0n) is 13.4. The first kappa shape index (κ1) is 17.1. The van der Waals surface area contributed by atoms with E-state index < -0.39 is 0 Å². The molecule has 0 atom stereocenters. The highest BCUT2D eigenvalue weighted by molar-refractivity contribution is 5.33. The van der Waals surface area contributed by atoms with Crippen molar-refractivity contribution in [1.82, 2.24) is 0 Å². The number of unbranched alkanes of at least 4 members (excludes halogenated alkanes) is 3. The Hall–Kier alpha value is -2.31. The Labute approximate surface area is 138 Å². The molecule has 0 radical (unpaired) electrons. The lowest BCUT2D eigenvalue weighted by molar-refractivity contribution is 0.282. The van der Waals surface area contributed by atoms with Gasteiger partial charge in [-0.1, -0.05) is 37.1 Å². The van der Waals surface area contributed by atoms with Crippen molar-refractivity contribution in [2.45, 2.75) is 38.7 Å². The van der Waals surface area contributed by atoms with Crippen molar-refractivity contribution < 1.29 is 9.84 Å². The maximum Gasteiger partial charge on any atom is 0.120 e. The molecule has 0 fully saturated rings. The number of aryl methyl sites for hydroxylation is 1. The molecule has 3 heteroatoms. The number of nitriles is 1. The summed E-state index contributed by atoms with van der Waals surface area (Å²) in [6.07, 6.45) is 5.29. The van der Waals surface area contributed by atoms with Crippen LogP contribution in [-0.4, -0.2) is 11.7 Å². The maximum atomic E-state index is 8.92. The summed E-state index contributed by atoms with van der Waals surface area (Å²) in [5.74, 6) is 0.861. The number of hydrogen-bond acceptors (Lipinski definition) is 3. The van der Waals surface area contributed by atoms with Crippen molar-refractivity contribution in [3.05, 3.63) is 65.2 Å². The standard InChI is InChI=1S/C20H23NO2/c21-15-18-9-5-10-19(13-18)16-23-20-11-6-8-17(14-20)7-3-1-2-4-12-22/h5-6,8-11,13-14,22H,1-4,7,12,16H2. The van der Waals surface area contributed by atoms with Crippen molar-refractivity contribution >= 4 is 0 Å². The van der Waals surface area contributed by atoms with Gasteiger partial charge in [-0.3, -0.25) is 0 Å². The zero-order chi connectivity index (χ0) is 16.3. The molecule has 0 spiro atoms. The summed E-state index contributed by atoms with van der Waals surface area (Å²) in [5.41, 5.74) is 2.93. The molecular formula is C20H23NO2. The van der Waals surface area contributed by atoms with E-state index in [4.69, 9.17) is 15.1 Å². The lowest BCUT2D eigenvalue weighted by Crippen LogP contribution is -1.96. The molecule has 0 aliphatic rings. The van der Waals surface area contributed by atoms with Gasteiger partial charge >= 0.3 is 0 Å². The summed E-state index contributed by atoms with van der Waals surface area (Å²) in [4.78, 5) is 0. The smallest absolute Gasteiger partial charge is 0.120 e. The van der Waals surface area contributed by atoms with Gasteiger partial charge in [0, 0.05) is 6.61 Å². The van der Waals surface area contributed by atoms with Crippen LogP contribution in [0.1, 0.15) is 42.4 Å². The molecule has 3 nitrogen and oxygen atoms in total. The highest BCUT2D eigenvalue weighted by Crippen LogP contribution is 2.17. The van der Waals surface area contributed by atoms with Crippen molar-refractivity contribution in [3.63, 3.8) is 0 Å². The first-order valence-corrected chi connectivity index (χ1v) is 8.13. The van der Waals surface area contributed by atoms with Crippen LogP contribution in [0.25, 0.3) is 0 Å². The van der Waals surface area contributed by atoms with Crippen molar-refractivity contribution in [3.8, 4) is 11.8 Å². The zero-order valence-corrected chi connectivity index (χ0v) is 13.4. The molecule has 2 aromatic rings. The van der Waals surface area contributed by atoms with Gasteiger partial charge in [-0.2, -0.15) is 5.26 Å². The van der Waals surface area contributed by atoms with E-state index >= 15 is 0 Å². The Morgan fingerprint density at radius 3 is 2.52 bits per heavy atom. The van der Waals surface area contributed by atoms with E-state index in [9.17, 15) is 0 Å². The van der Waals surface area contributed by atoms with Gasteiger partial charge in [0.15, 0.2) is 0 Å². The molecule has 120 valence electrons. The molecule has 0 amide bonds. The number of aliphatic hydroxyl groups is 1. The number of hydrogen-bond donors (Lipinski definition) is 1. The lowest BCUT2D eigenvalue weighted by atomic mass is 10.1. The van der Waals surface area contributed by atoms with E-state index in [0.717, 1.165) is 43.4 Å². The number of ether oxygens (including phenoxy) is 1. The summed E-state index contributed by atoms with van der Waals surface area (Å²) in [7, 11) is 0. The van der Waals surface area contributed by atoms with Gasteiger partial charge in [-0.15, -0.1) is 0 Å². The highest BCUT2D eigenvalue weighted by atomic mass is 16.5. The minimum atomic E-state index is 0.288. The molecule has 0 aliphatic heterocycles. The van der Waals surface area contributed by atoms with Gasteiger partial charge in [-0.25, -0.2) is 0 Å². The fourth-order valence-corrected chi connectivity index (χ4v) is 2.48. The van der Waals surface area contributed by atoms with E-state index in [1.54, 1.807) is 6.07 Å². The molecule has 0 bridgehead atoms. The van der Waals surface area contributed by atoms with Gasteiger partial charge < -0.3 is 9.84 Å². The molecule has 2 rings (SSSR count). The van der Waals surface area contributed by atoms with Gasteiger partial charge in [0.25, 0.3) is 0 Å². The number of aliphatic hydroxyl groups excluding tert-OH is 1. The van der Waals surface area contributed by atoms with Crippen LogP contribution in [0.4, 0.5) is 0 Å². The molecule has 0 aliphatic carbocycles. The van der Waals surface area contributed by atoms with Gasteiger partial charge in [-0.05, 0) is 54.7 Å². The second kappa shape index (κ2) is 9.66. The van der Waals surface area contributed by atoms with Crippen LogP contribution in [0.5, 0.6) is 5.75 Å². The van der Waals surface area contributed by atoms with Gasteiger partial charge in [0.2, 0.25) is 0 Å². The van der Waals surface area contributed by atoms with Crippen LogP contribution < -0.4 is 4.74 Å². The van der Waals surface area contributed by atoms with E-state index in [1.165, 1.54) is 5.56 Å². The third-order valence-corrected chi connectivity index (χ3v) is 3.73. The van der Waals surface area contributed by atoms with Crippen LogP contribution in [0.2, 0.25) is 0 Å². The Kier molecular flexibility index (Phi) is 7.16. The molecule has 0 saturated heterocycles. The Balaban J connectivity index is 1.83. The second-order valence-corrected chi connectivity index (χ2v) is 5.64. The van der Waals surface area contributed by atoms with Crippen molar-refractivity contribution in [1.29, 1.82) is 5.26 Å². The van der Waals surface area contributed by atoms with E-state index in [0.29, 0.717) is 12.2 Å². The van der Waals surface area contributed by atoms with Gasteiger partial charge in [0.05, 0.1) is 11.6 Å². The average molecular weight is 309 g/mol. The normalized spacial score (nSPS) is 10.3. The largest absolute Gasteiger partial charge is 0.489 e. The van der Waals surface area contributed by atoms with Crippen LogP contribution >= 0.6 is 0 Å². The van der Waals surface area contributed by atoms with Crippen LogP contribution in [0.15, 0.2) is 48.5 Å². The molecular weight excluding hydrogens is 286 g/mol. The summed E-state index contributed by atoms with van der Waals surface area (Å²) >= 11 is 0. The molecule has 23 heavy (non-hydrogen) atoms. The van der Waals surface area contributed by atoms with Crippen LogP contribution in [0.3, 0.4) is 0 Å². The molecule has 0 unspecified atom stereocenters. The number of rotatable bonds is 9. The molecule has 0 saturated carbocycles. The van der Waals surface area contributed by atoms with E-state index in [-0.39, 0.29) is 6.61 Å². The molecule has 2 aromatic carbocycles. The minimum Gasteiger partial charge on any atom is -0.489 e. The van der Waals surface area contributed by atoms with Crippen molar-refractivity contribution in [2.75, 3.05) is 6.61 Å². The summed E-state index contributed by atoms with van der Waals surface area (Å²) < 4.78 is 5.83. The van der Waals surface area contributed by atoms with E-state index in [2.05, 4.69) is 18.2 Å². The summed E-state index contributed by atoms with van der Waals surface area (Å²) in [5, 5.41) is 17.7. The number of benzene rings is 2. The first-order valence-electron chi connectivity index (χ1n) is 8.13. The number of nitrogens with zero attached hydrogens (tertiary/aromatic N) is 1. The third kappa shape index (κ3) is 6.14. The fraction of sp³-hybridized carbons (Fsp3) is 0.350. The quantitative estimate of drug-likeness (QED) is 0.705. The SMILES string of the molecule is N#Cc1cccc(COc2cccc(CCCCCCO)c2)c1. The predicted octanol–water partition coefficient (Wildman–Crippen LogP) is 4.23. The summed E-state index contributed by atoms with van der Waals surface area (Å²) in [6, 6.07) is 17.8. The Bertz CT molecular complexity index is 646. The third-order valence-electron chi connectivity index (χ3n) is 3.73. The Morgan fingerprint density at radius 2 is 1.70 bits per heavy atom. The predicted molar refractivity (Wildman–Crippen MR) is 91.2 cm³/mol. The highest BCUT2D eigenvalue weighted by Gasteiger charge is 2.00. The van der Waals surface area contributed by atoms with Crippen molar-refractivity contribution in [2.24, 2.45) is 0 Å². The van der Waals surface area contributed by atoms with Crippen LogP contribution in [0, 0.1) is 11.3 Å². The average Bonchev–Trinajstić information content (AvgIpc) is 2.60. The first-order chi connectivity index (χ1) is 11.3.